The van der Waals surface area contributed by atoms with Gasteiger partial charge >= 0.3 is 5.97 Å². The lowest BCUT2D eigenvalue weighted by atomic mass is 10.1. The largest absolute Gasteiger partial charge is 0.478 e. The average Bonchev–Trinajstić information content (AvgIpc) is 2.90. The molecule has 0 amide bonds. The molecular weight excluding hydrogens is 261 g/mol. The molecule has 0 bridgehead atoms. The molecule has 1 unspecified atom stereocenters. The summed E-state index contributed by atoms with van der Waals surface area (Å²) in [4.78, 5) is 13.3. The Morgan fingerprint density at radius 2 is 2.35 bits per heavy atom. The van der Waals surface area contributed by atoms with Gasteiger partial charge in [-0.3, -0.25) is 4.90 Å². The second-order valence-corrected chi connectivity index (χ2v) is 5.07. The molecular formula is C15H20FNO3. The lowest BCUT2D eigenvalue weighted by molar-refractivity contribution is 0.0682. The molecule has 20 heavy (non-hydrogen) atoms. The van der Waals surface area contributed by atoms with Gasteiger partial charge in [0.05, 0.1) is 11.7 Å². The molecule has 0 radical (unpaired) electrons. The van der Waals surface area contributed by atoms with Gasteiger partial charge in [0.25, 0.3) is 0 Å². The molecule has 5 heteroatoms. The normalized spacial score (nSPS) is 18.6. The van der Waals surface area contributed by atoms with Crippen LogP contribution in [0.3, 0.4) is 0 Å². The Bertz CT molecular complexity index is 472. The number of aromatic carboxylic acids is 1. The summed E-state index contributed by atoms with van der Waals surface area (Å²) in [5, 5.41) is 9.16. The van der Waals surface area contributed by atoms with Crippen LogP contribution in [0, 0.1) is 5.82 Å². The molecule has 1 aliphatic rings. The number of hydrogen-bond acceptors (Lipinski definition) is 3. The van der Waals surface area contributed by atoms with Crippen molar-refractivity contribution in [2.75, 3.05) is 19.7 Å². The smallest absolute Gasteiger partial charge is 0.336 e. The predicted octanol–water partition coefficient (Wildman–Crippen LogP) is 2.52. The first-order valence-corrected chi connectivity index (χ1v) is 6.95. The van der Waals surface area contributed by atoms with Gasteiger partial charge in [-0.1, -0.05) is 6.92 Å². The molecule has 1 aromatic carbocycles. The van der Waals surface area contributed by atoms with E-state index in [0.29, 0.717) is 12.1 Å². The molecule has 4 nitrogen and oxygen atoms in total. The van der Waals surface area contributed by atoms with E-state index in [0.717, 1.165) is 32.5 Å². The first-order chi connectivity index (χ1) is 9.60. The molecule has 1 N–H and O–H groups in total. The molecule has 110 valence electrons. The van der Waals surface area contributed by atoms with Gasteiger partial charge in [0.15, 0.2) is 0 Å². The van der Waals surface area contributed by atoms with Crippen molar-refractivity contribution in [2.45, 2.75) is 32.4 Å². The second-order valence-electron chi connectivity index (χ2n) is 5.07. The lowest BCUT2D eigenvalue weighted by Gasteiger charge is -2.24. The minimum absolute atomic E-state index is 0.164. The van der Waals surface area contributed by atoms with Gasteiger partial charge in [0.2, 0.25) is 0 Å². The lowest BCUT2D eigenvalue weighted by Crippen LogP contribution is -2.32. The summed E-state index contributed by atoms with van der Waals surface area (Å²) in [6.07, 6.45) is 2.31. The zero-order valence-electron chi connectivity index (χ0n) is 11.6. The van der Waals surface area contributed by atoms with Crippen LogP contribution in [0.5, 0.6) is 0 Å². The highest BCUT2D eigenvalue weighted by Crippen LogP contribution is 2.17. The van der Waals surface area contributed by atoms with Gasteiger partial charge in [-0.25, -0.2) is 9.18 Å². The zero-order valence-corrected chi connectivity index (χ0v) is 11.6. The topological polar surface area (TPSA) is 49.8 Å². The highest BCUT2D eigenvalue weighted by Gasteiger charge is 2.20. The Kier molecular flexibility index (Phi) is 5.09. The summed E-state index contributed by atoms with van der Waals surface area (Å²) in [5.41, 5.74) is 0.675. The molecule has 2 rings (SSSR count). The van der Waals surface area contributed by atoms with Crippen molar-refractivity contribution in [3.63, 3.8) is 0 Å². The summed E-state index contributed by atoms with van der Waals surface area (Å²) in [6, 6.07) is 3.82. The van der Waals surface area contributed by atoms with Crippen molar-refractivity contribution in [3.8, 4) is 0 Å². The number of ether oxygens (including phenoxy) is 1. The van der Waals surface area contributed by atoms with Gasteiger partial charge in [0.1, 0.15) is 5.82 Å². The second kappa shape index (κ2) is 6.81. The van der Waals surface area contributed by atoms with Crippen molar-refractivity contribution in [1.82, 2.24) is 4.90 Å². The number of likely N-dealkylation sites (N-methyl/N-ethyl adjacent to an activating group) is 1. The Hall–Kier alpha value is -1.46. The van der Waals surface area contributed by atoms with E-state index in [-0.39, 0.29) is 11.7 Å². The number of carboxylic acids is 1. The zero-order chi connectivity index (χ0) is 14.5. The molecule has 0 aliphatic carbocycles. The third-order valence-corrected chi connectivity index (χ3v) is 3.62. The van der Waals surface area contributed by atoms with Gasteiger partial charge in [0, 0.05) is 19.7 Å². The summed E-state index contributed by atoms with van der Waals surface area (Å²) in [7, 11) is 0. The highest BCUT2D eigenvalue weighted by molar-refractivity contribution is 5.89. The Morgan fingerprint density at radius 3 is 2.95 bits per heavy atom. The van der Waals surface area contributed by atoms with Crippen LogP contribution in [-0.4, -0.2) is 41.8 Å². The first kappa shape index (κ1) is 14.9. The number of carboxylic acid groups (broad SMARTS) is 1. The quantitative estimate of drug-likeness (QED) is 0.870. The minimum Gasteiger partial charge on any atom is -0.478 e. The summed E-state index contributed by atoms with van der Waals surface area (Å²) < 4.78 is 18.9. The molecule has 1 heterocycles. The van der Waals surface area contributed by atoms with Crippen LogP contribution >= 0.6 is 0 Å². The van der Waals surface area contributed by atoms with E-state index in [2.05, 4.69) is 4.90 Å². The molecule has 1 saturated heterocycles. The monoisotopic (exact) mass is 281 g/mol. The van der Waals surface area contributed by atoms with Crippen molar-refractivity contribution >= 4 is 5.97 Å². The SMILES string of the molecule is CCN(Cc1cc(F)ccc1C(=O)O)CC1CCCO1. The third kappa shape index (κ3) is 3.77. The number of carbonyl (C=O) groups is 1. The van der Waals surface area contributed by atoms with E-state index in [4.69, 9.17) is 9.84 Å². The van der Waals surface area contributed by atoms with Crippen LogP contribution in [0.25, 0.3) is 0 Å². The molecule has 1 aliphatic heterocycles. The fourth-order valence-corrected chi connectivity index (χ4v) is 2.52. The summed E-state index contributed by atoms with van der Waals surface area (Å²) in [5.74, 6) is -1.42. The van der Waals surface area contributed by atoms with Crippen LogP contribution < -0.4 is 0 Å². The van der Waals surface area contributed by atoms with Gasteiger partial charge in [-0.15, -0.1) is 0 Å². The molecule has 1 aromatic rings. The maximum Gasteiger partial charge on any atom is 0.336 e. The number of hydrogen-bond donors (Lipinski definition) is 1. The standard InChI is InChI=1S/C15H20FNO3/c1-2-17(10-13-4-3-7-20-13)9-11-8-12(16)5-6-14(11)15(18)19/h5-6,8,13H,2-4,7,9-10H2,1H3,(H,18,19). The summed E-state index contributed by atoms with van der Waals surface area (Å²) in [6.45, 7) is 4.76. The van der Waals surface area contributed by atoms with E-state index < -0.39 is 11.8 Å². The van der Waals surface area contributed by atoms with Gasteiger partial charge in [-0.2, -0.15) is 0 Å². The molecule has 0 spiro atoms. The Balaban J connectivity index is 2.09. The number of benzene rings is 1. The van der Waals surface area contributed by atoms with Crippen LogP contribution in [0.2, 0.25) is 0 Å². The van der Waals surface area contributed by atoms with E-state index in [9.17, 15) is 9.18 Å². The predicted molar refractivity (Wildman–Crippen MR) is 73.3 cm³/mol. The van der Waals surface area contributed by atoms with E-state index in [1.165, 1.54) is 18.2 Å². The Labute approximate surface area is 118 Å². The number of halogens is 1. The van der Waals surface area contributed by atoms with E-state index in [1.54, 1.807) is 0 Å². The van der Waals surface area contributed by atoms with Crippen LogP contribution in [0.15, 0.2) is 18.2 Å². The van der Waals surface area contributed by atoms with Crippen LogP contribution in [-0.2, 0) is 11.3 Å². The van der Waals surface area contributed by atoms with Crippen molar-refractivity contribution < 1.29 is 19.0 Å². The van der Waals surface area contributed by atoms with Gasteiger partial charge in [-0.05, 0) is 43.1 Å². The Morgan fingerprint density at radius 1 is 1.55 bits per heavy atom. The fraction of sp³-hybridized carbons (Fsp3) is 0.533. The van der Waals surface area contributed by atoms with Gasteiger partial charge < -0.3 is 9.84 Å². The maximum atomic E-state index is 13.3. The summed E-state index contributed by atoms with van der Waals surface area (Å²) >= 11 is 0. The molecule has 0 aromatic heterocycles. The van der Waals surface area contributed by atoms with Crippen LogP contribution in [0.4, 0.5) is 4.39 Å². The first-order valence-electron chi connectivity index (χ1n) is 6.95. The highest BCUT2D eigenvalue weighted by atomic mass is 19.1. The van der Waals surface area contributed by atoms with Crippen molar-refractivity contribution in [3.05, 3.63) is 35.1 Å². The maximum absolute atomic E-state index is 13.3. The average molecular weight is 281 g/mol. The third-order valence-electron chi connectivity index (χ3n) is 3.62. The van der Waals surface area contributed by atoms with Crippen LogP contribution in [0.1, 0.15) is 35.7 Å². The van der Waals surface area contributed by atoms with Crippen molar-refractivity contribution in [1.29, 1.82) is 0 Å². The number of nitrogens with zero attached hydrogens (tertiary/aromatic N) is 1. The number of rotatable bonds is 6. The van der Waals surface area contributed by atoms with E-state index >= 15 is 0 Å². The molecule has 1 atom stereocenters. The molecule has 1 fully saturated rings. The minimum atomic E-state index is -1.02. The fourth-order valence-electron chi connectivity index (χ4n) is 2.52. The van der Waals surface area contributed by atoms with E-state index in [1.807, 2.05) is 6.92 Å². The molecule has 0 saturated carbocycles. The van der Waals surface area contributed by atoms with Crippen molar-refractivity contribution in [2.24, 2.45) is 0 Å².